The number of rotatable bonds is 6. The lowest BCUT2D eigenvalue weighted by Gasteiger charge is -2.12. The van der Waals surface area contributed by atoms with Crippen LogP contribution in [0.3, 0.4) is 0 Å². The molecule has 0 aliphatic carbocycles. The summed E-state index contributed by atoms with van der Waals surface area (Å²) < 4.78 is 5.15. The molecule has 0 aromatic heterocycles. The molecule has 0 saturated carbocycles. The second kappa shape index (κ2) is 10.1. The third-order valence-corrected chi connectivity index (χ3v) is 5.37. The van der Waals surface area contributed by atoms with Gasteiger partial charge in [-0.15, -0.1) is 0 Å². The lowest BCUT2D eigenvalue weighted by molar-refractivity contribution is -0.124. The van der Waals surface area contributed by atoms with E-state index in [-0.39, 0.29) is 23.4 Å². The summed E-state index contributed by atoms with van der Waals surface area (Å²) >= 11 is 6.63. The van der Waals surface area contributed by atoms with Crippen molar-refractivity contribution in [1.82, 2.24) is 15.8 Å². The van der Waals surface area contributed by atoms with E-state index in [1.54, 1.807) is 48.5 Å². The van der Waals surface area contributed by atoms with Gasteiger partial charge in [-0.25, -0.2) is 0 Å². The molecule has 2 aromatic rings. The van der Waals surface area contributed by atoms with Gasteiger partial charge in [0.2, 0.25) is 5.91 Å². The number of ether oxygens (including phenoxy) is 1. The standard InChI is InChI=1S/C21H18ClN3O5S/c1-30-16-7-2-4-13(10-16)11-17-20(28)25(21(29)31-17)9-8-18(26)23-24-19(27)14-5-3-6-15(22)12-14/h2-7,10-12H,8-9H2,1H3,(H,23,26)(H,24,27). The molecule has 8 nitrogen and oxygen atoms in total. The highest BCUT2D eigenvalue weighted by molar-refractivity contribution is 8.18. The predicted molar refractivity (Wildman–Crippen MR) is 117 cm³/mol. The molecular formula is C21H18ClN3O5S. The molecule has 0 atom stereocenters. The molecule has 4 amide bonds. The van der Waals surface area contributed by atoms with E-state index in [0.717, 1.165) is 16.7 Å². The molecule has 160 valence electrons. The molecule has 0 bridgehead atoms. The minimum absolute atomic E-state index is 0.112. The van der Waals surface area contributed by atoms with E-state index in [9.17, 15) is 19.2 Å². The Balaban J connectivity index is 1.53. The summed E-state index contributed by atoms with van der Waals surface area (Å²) in [5.74, 6) is -0.938. The van der Waals surface area contributed by atoms with Gasteiger partial charge in [0, 0.05) is 23.6 Å². The molecule has 0 spiro atoms. The highest BCUT2D eigenvalue weighted by atomic mass is 35.5. The van der Waals surface area contributed by atoms with Crippen LogP contribution < -0.4 is 15.6 Å². The topological polar surface area (TPSA) is 105 Å². The van der Waals surface area contributed by atoms with Gasteiger partial charge in [0.05, 0.1) is 12.0 Å². The smallest absolute Gasteiger partial charge is 0.293 e. The monoisotopic (exact) mass is 459 g/mol. The second-order valence-corrected chi connectivity index (χ2v) is 7.80. The first-order chi connectivity index (χ1) is 14.9. The fourth-order valence-electron chi connectivity index (χ4n) is 2.68. The van der Waals surface area contributed by atoms with E-state index in [1.807, 2.05) is 0 Å². The van der Waals surface area contributed by atoms with Crippen molar-refractivity contribution in [2.75, 3.05) is 13.7 Å². The number of hydrogen-bond acceptors (Lipinski definition) is 6. The number of nitrogens with one attached hydrogen (secondary N) is 2. The Morgan fingerprint density at radius 1 is 1.13 bits per heavy atom. The van der Waals surface area contributed by atoms with E-state index >= 15 is 0 Å². The molecular weight excluding hydrogens is 442 g/mol. The first kappa shape index (κ1) is 22.4. The minimum Gasteiger partial charge on any atom is -0.497 e. The van der Waals surface area contributed by atoms with E-state index in [2.05, 4.69) is 10.9 Å². The molecule has 10 heteroatoms. The van der Waals surface area contributed by atoms with Gasteiger partial charge in [0.1, 0.15) is 5.75 Å². The fraction of sp³-hybridized carbons (Fsp3) is 0.143. The summed E-state index contributed by atoms with van der Waals surface area (Å²) in [5, 5.41) is -0.0738. The van der Waals surface area contributed by atoms with Crippen LogP contribution in [0.25, 0.3) is 6.08 Å². The molecule has 0 radical (unpaired) electrons. The zero-order valence-electron chi connectivity index (χ0n) is 16.4. The van der Waals surface area contributed by atoms with Crippen LogP contribution in [0.5, 0.6) is 5.75 Å². The maximum absolute atomic E-state index is 12.5. The zero-order chi connectivity index (χ0) is 22.4. The molecule has 1 heterocycles. The third-order valence-electron chi connectivity index (χ3n) is 4.23. The number of methoxy groups -OCH3 is 1. The van der Waals surface area contributed by atoms with E-state index < -0.39 is 23.0 Å². The zero-order valence-corrected chi connectivity index (χ0v) is 18.0. The third kappa shape index (κ3) is 5.87. The predicted octanol–water partition coefficient (Wildman–Crippen LogP) is 3.24. The van der Waals surface area contributed by atoms with Crippen molar-refractivity contribution >= 4 is 52.4 Å². The van der Waals surface area contributed by atoms with Gasteiger partial charge in [-0.05, 0) is 53.7 Å². The van der Waals surface area contributed by atoms with Gasteiger partial charge in [0.15, 0.2) is 0 Å². The first-order valence-corrected chi connectivity index (χ1v) is 10.3. The van der Waals surface area contributed by atoms with E-state index in [4.69, 9.17) is 16.3 Å². The Labute approximate surface area is 187 Å². The molecule has 3 rings (SSSR count). The summed E-state index contributed by atoms with van der Waals surface area (Å²) in [6.45, 7) is -0.112. The van der Waals surface area contributed by atoms with Crippen molar-refractivity contribution in [2.45, 2.75) is 6.42 Å². The molecule has 31 heavy (non-hydrogen) atoms. The van der Waals surface area contributed by atoms with Crippen LogP contribution in [0.1, 0.15) is 22.3 Å². The number of hydrogen-bond donors (Lipinski definition) is 2. The first-order valence-electron chi connectivity index (χ1n) is 9.11. The molecule has 1 saturated heterocycles. The lowest BCUT2D eigenvalue weighted by Crippen LogP contribution is -2.43. The molecule has 2 aromatic carbocycles. The van der Waals surface area contributed by atoms with Gasteiger partial charge in [-0.1, -0.05) is 29.8 Å². The SMILES string of the molecule is COc1cccc(C=C2SC(=O)N(CCC(=O)NNC(=O)c3cccc(Cl)c3)C2=O)c1. The maximum Gasteiger partial charge on any atom is 0.293 e. The quantitative estimate of drug-likeness (QED) is 0.507. The lowest BCUT2D eigenvalue weighted by atomic mass is 10.2. The van der Waals surface area contributed by atoms with Crippen molar-refractivity contribution in [3.05, 3.63) is 69.6 Å². The molecule has 1 aliphatic rings. The number of thioether (sulfide) groups is 1. The van der Waals surface area contributed by atoms with Gasteiger partial charge in [-0.2, -0.15) is 0 Å². The Bertz CT molecular complexity index is 1070. The van der Waals surface area contributed by atoms with Gasteiger partial charge in [-0.3, -0.25) is 34.9 Å². The summed E-state index contributed by atoms with van der Waals surface area (Å²) in [6, 6.07) is 13.3. The summed E-state index contributed by atoms with van der Waals surface area (Å²) in [4.78, 5) is 50.0. The van der Waals surface area contributed by atoms with Crippen LogP contribution in [-0.4, -0.2) is 41.5 Å². The van der Waals surface area contributed by atoms with Crippen LogP contribution in [-0.2, 0) is 9.59 Å². The second-order valence-electron chi connectivity index (χ2n) is 6.37. The van der Waals surface area contributed by atoms with E-state index in [0.29, 0.717) is 16.3 Å². The number of nitrogens with zero attached hydrogens (tertiary/aromatic N) is 1. The molecule has 1 aliphatic heterocycles. The number of imide groups is 1. The number of carbonyl (C=O) groups excluding carboxylic acids is 4. The van der Waals surface area contributed by atoms with Crippen molar-refractivity contribution in [3.8, 4) is 5.75 Å². The minimum atomic E-state index is -0.550. The number of halogens is 1. The average Bonchev–Trinajstić information content (AvgIpc) is 3.03. The van der Waals surface area contributed by atoms with Gasteiger partial charge >= 0.3 is 0 Å². The van der Waals surface area contributed by atoms with Gasteiger partial charge in [0.25, 0.3) is 17.1 Å². The maximum atomic E-state index is 12.5. The highest BCUT2D eigenvalue weighted by Crippen LogP contribution is 2.32. The number of benzene rings is 2. The Morgan fingerprint density at radius 2 is 1.90 bits per heavy atom. The van der Waals surface area contributed by atoms with Crippen molar-refractivity contribution in [1.29, 1.82) is 0 Å². The van der Waals surface area contributed by atoms with E-state index in [1.165, 1.54) is 13.2 Å². The Kier molecular flexibility index (Phi) is 7.32. The highest BCUT2D eigenvalue weighted by Gasteiger charge is 2.35. The summed E-state index contributed by atoms with van der Waals surface area (Å²) in [5.41, 5.74) is 5.51. The number of carbonyl (C=O) groups is 4. The normalized spacial score (nSPS) is 14.6. The van der Waals surface area contributed by atoms with Crippen LogP contribution in [0.2, 0.25) is 5.02 Å². The van der Waals surface area contributed by atoms with Crippen molar-refractivity contribution in [2.24, 2.45) is 0 Å². The Hall–Kier alpha value is -3.30. The number of amides is 4. The summed E-state index contributed by atoms with van der Waals surface area (Å²) in [7, 11) is 1.54. The van der Waals surface area contributed by atoms with Crippen molar-refractivity contribution < 1.29 is 23.9 Å². The molecule has 1 fully saturated rings. The van der Waals surface area contributed by atoms with Gasteiger partial charge < -0.3 is 4.74 Å². The van der Waals surface area contributed by atoms with Crippen molar-refractivity contribution in [3.63, 3.8) is 0 Å². The summed E-state index contributed by atoms with van der Waals surface area (Å²) in [6.07, 6.45) is 1.43. The van der Waals surface area contributed by atoms with Crippen LogP contribution in [0.15, 0.2) is 53.4 Å². The van der Waals surface area contributed by atoms with Crippen LogP contribution in [0, 0.1) is 0 Å². The molecule has 2 N–H and O–H groups in total. The average molecular weight is 460 g/mol. The van der Waals surface area contributed by atoms with Crippen LogP contribution >= 0.6 is 23.4 Å². The van der Waals surface area contributed by atoms with Crippen LogP contribution in [0.4, 0.5) is 4.79 Å². The number of hydrazine groups is 1. The fourth-order valence-corrected chi connectivity index (χ4v) is 3.73. The molecule has 0 unspecified atom stereocenters. The largest absolute Gasteiger partial charge is 0.497 e. The Morgan fingerprint density at radius 3 is 2.65 bits per heavy atom.